The van der Waals surface area contributed by atoms with Crippen molar-refractivity contribution in [3.05, 3.63) is 23.7 Å². The maximum Gasteiger partial charge on any atom is 0.371 e. The number of carboxylic acids is 1. The maximum absolute atomic E-state index is 11.8. The zero-order chi connectivity index (χ0) is 13.1. The van der Waals surface area contributed by atoms with Crippen molar-refractivity contribution in [1.29, 1.82) is 0 Å². The van der Waals surface area contributed by atoms with Crippen LogP contribution in [0.4, 0.5) is 0 Å². The van der Waals surface area contributed by atoms with E-state index in [2.05, 4.69) is 0 Å². The quantitative estimate of drug-likeness (QED) is 0.786. The van der Waals surface area contributed by atoms with Crippen molar-refractivity contribution >= 4 is 11.8 Å². The fraction of sp³-hybridized carbons (Fsp3) is 0.538. The van der Waals surface area contributed by atoms with E-state index in [-0.39, 0.29) is 23.4 Å². The van der Waals surface area contributed by atoms with E-state index >= 15 is 0 Å². The SMILES string of the molecule is CCOC1CC(CC(=O)c2ccc(C(=O)O)o2)C1. The van der Waals surface area contributed by atoms with E-state index < -0.39 is 5.97 Å². The standard InChI is InChI=1S/C13H16O5/c1-2-17-9-5-8(6-9)7-10(14)11-3-4-12(18-11)13(15)16/h3-4,8-9H,2,5-7H2,1H3,(H,15,16). The first-order valence-corrected chi connectivity index (χ1v) is 6.08. The minimum atomic E-state index is -1.16. The van der Waals surface area contributed by atoms with Gasteiger partial charge in [0, 0.05) is 13.0 Å². The maximum atomic E-state index is 11.8. The van der Waals surface area contributed by atoms with Crippen LogP contribution >= 0.6 is 0 Å². The van der Waals surface area contributed by atoms with Crippen LogP contribution in [-0.2, 0) is 4.74 Å². The molecule has 0 aromatic carbocycles. The number of ether oxygens (including phenoxy) is 1. The predicted molar refractivity (Wildman–Crippen MR) is 62.8 cm³/mol. The van der Waals surface area contributed by atoms with Crippen molar-refractivity contribution in [2.45, 2.75) is 32.3 Å². The number of carbonyl (C=O) groups is 2. The second-order valence-electron chi connectivity index (χ2n) is 4.51. The third-order valence-electron chi connectivity index (χ3n) is 3.16. The van der Waals surface area contributed by atoms with Gasteiger partial charge in [0.1, 0.15) is 0 Å². The molecule has 0 saturated heterocycles. The molecule has 5 nitrogen and oxygen atoms in total. The number of ketones is 1. The molecular weight excluding hydrogens is 236 g/mol. The van der Waals surface area contributed by atoms with Crippen molar-refractivity contribution in [1.82, 2.24) is 0 Å². The summed E-state index contributed by atoms with van der Waals surface area (Å²) >= 11 is 0. The number of rotatable bonds is 6. The highest BCUT2D eigenvalue weighted by molar-refractivity contribution is 5.95. The molecule has 0 aliphatic heterocycles. The normalized spacial score (nSPS) is 22.5. The molecule has 5 heteroatoms. The number of hydrogen-bond acceptors (Lipinski definition) is 4. The highest BCUT2D eigenvalue weighted by Crippen LogP contribution is 2.33. The van der Waals surface area contributed by atoms with Crippen LogP contribution < -0.4 is 0 Å². The van der Waals surface area contributed by atoms with Crippen LogP contribution in [0.15, 0.2) is 16.5 Å². The molecule has 0 radical (unpaired) electrons. The summed E-state index contributed by atoms with van der Waals surface area (Å²) in [6.07, 6.45) is 2.47. The number of hydrogen-bond donors (Lipinski definition) is 1. The third kappa shape index (κ3) is 2.79. The molecular formula is C13H16O5. The Morgan fingerprint density at radius 1 is 1.39 bits per heavy atom. The molecule has 1 aromatic heterocycles. The highest BCUT2D eigenvalue weighted by atomic mass is 16.5. The number of aromatic carboxylic acids is 1. The lowest BCUT2D eigenvalue weighted by atomic mass is 9.79. The van der Waals surface area contributed by atoms with Gasteiger partial charge in [0.15, 0.2) is 11.5 Å². The Morgan fingerprint density at radius 2 is 2.06 bits per heavy atom. The minimum absolute atomic E-state index is 0.132. The Labute approximate surface area is 105 Å². The molecule has 2 rings (SSSR count). The molecule has 1 saturated carbocycles. The molecule has 1 N–H and O–H groups in total. The largest absolute Gasteiger partial charge is 0.475 e. The van der Waals surface area contributed by atoms with E-state index in [9.17, 15) is 9.59 Å². The second-order valence-corrected chi connectivity index (χ2v) is 4.51. The van der Waals surface area contributed by atoms with Gasteiger partial charge in [-0.25, -0.2) is 4.79 Å². The van der Waals surface area contributed by atoms with Gasteiger partial charge in [-0.1, -0.05) is 0 Å². The molecule has 0 amide bonds. The summed E-state index contributed by atoms with van der Waals surface area (Å²) in [6.45, 7) is 2.65. The first-order chi connectivity index (χ1) is 8.60. The summed E-state index contributed by atoms with van der Waals surface area (Å²) in [5.74, 6) is -1.03. The molecule has 0 atom stereocenters. The minimum Gasteiger partial charge on any atom is -0.475 e. The van der Waals surface area contributed by atoms with Crippen molar-refractivity contribution in [2.24, 2.45) is 5.92 Å². The molecule has 1 aliphatic rings. The topological polar surface area (TPSA) is 76.7 Å². The number of Topliss-reactive ketones (excluding diaryl/α,β-unsaturated/α-hetero) is 1. The number of furan rings is 1. The van der Waals surface area contributed by atoms with E-state index in [1.807, 2.05) is 6.92 Å². The van der Waals surface area contributed by atoms with Gasteiger partial charge in [0.2, 0.25) is 5.76 Å². The summed E-state index contributed by atoms with van der Waals surface area (Å²) in [5.41, 5.74) is 0. The fourth-order valence-corrected chi connectivity index (χ4v) is 2.18. The zero-order valence-corrected chi connectivity index (χ0v) is 10.2. The van der Waals surface area contributed by atoms with Crippen LogP contribution in [-0.4, -0.2) is 29.6 Å². The molecule has 98 valence electrons. The van der Waals surface area contributed by atoms with Gasteiger partial charge in [0.05, 0.1) is 6.10 Å². The molecule has 1 aromatic rings. The second kappa shape index (κ2) is 5.35. The Hall–Kier alpha value is -1.62. The van der Waals surface area contributed by atoms with E-state index in [0.717, 1.165) is 12.8 Å². The summed E-state index contributed by atoms with van der Waals surface area (Å²) in [6, 6.07) is 2.73. The summed E-state index contributed by atoms with van der Waals surface area (Å²) in [5, 5.41) is 8.69. The van der Waals surface area contributed by atoms with Gasteiger partial charge >= 0.3 is 5.97 Å². The average Bonchev–Trinajstić information content (AvgIpc) is 2.75. The highest BCUT2D eigenvalue weighted by Gasteiger charge is 2.32. The van der Waals surface area contributed by atoms with Crippen LogP contribution in [0.3, 0.4) is 0 Å². The van der Waals surface area contributed by atoms with Gasteiger partial charge in [-0.3, -0.25) is 4.79 Å². The Balaban J connectivity index is 1.83. The lowest BCUT2D eigenvalue weighted by Gasteiger charge is -2.34. The molecule has 1 heterocycles. The molecule has 1 aliphatic carbocycles. The smallest absolute Gasteiger partial charge is 0.371 e. The first-order valence-electron chi connectivity index (χ1n) is 6.08. The van der Waals surface area contributed by atoms with Crippen LogP contribution in [0.5, 0.6) is 0 Å². The van der Waals surface area contributed by atoms with E-state index in [1.54, 1.807) is 0 Å². The fourth-order valence-electron chi connectivity index (χ4n) is 2.18. The lowest BCUT2D eigenvalue weighted by molar-refractivity contribution is -0.0247. The van der Waals surface area contributed by atoms with Crippen LogP contribution in [0.25, 0.3) is 0 Å². The van der Waals surface area contributed by atoms with Crippen molar-refractivity contribution in [3.63, 3.8) is 0 Å². The lowest BCUT2D eigenvalue weighted by Crippen LogP contribution is -2.32. The number of carbonyl (C=O) groups excluding carboxylic acids is 1. The predicted octanol–water partition coefficient (Wildman–Crippen LogP) is 2.37. The van der Waals surface area contributed by atoms with Gasteiger partial charge < -0.3 is 14.3 Å². The van der Waals surface area contributed by atoms with Gasteiger partial charge in [-0.05, 0) is 37.8 Å². The summed E-state index contributed by atoms with van der Waals surface area (Å²) in [7, 11) is 0. The average molecular weight is 252 g/mol. The van der Waals surface area contributed by atoms with E-state index in [0.29, 0.717) is 18.9 Å². The van der Waals surface area contributed by atoms with Crippen molar-refractivity contribution in [3.8, 4) is 0 Å². The molecule has 0 bridgehead atoms. The van der Waals surface area contributed by atoms with Crippen LogP contribution in [0, 0.1) is 5.92 Å². The van der Waals surface area contributed by atoms with Gasteiger partial charge in [0.25, 0.3) is 0 Å². The molecule has 1 fully saturated rings. The van der Waals surface area contributed by atoms with Crippen molar-refractivity contribution in [2.75, 3.05) is 6.61 Å². The zero-order valence-electron chi connectivity index (χ0n) is 10.2. The Bertz CT molecular complexity index is 442. The molecule has 18 heavy (non-hydrogen) atoms. The summed E-state index contributed by atoms with van der Waals surface area (Å²) < 4.78 is 10.4. The Morgan fingerprint density at radius 3 is 2.61 bits per heavy atom. The summed E-state index contributed by atoms with van der Waals surface area (Å²) in [4.78, 5) is 22.4. The van der Waals surface area contributed by atoms with Crippen LogP contribution in [0.1, 0.15) is 47.3 Å². The first kappa shape index (κ1) is 12.8. The molecule has 0 unspecified atom stereocenters. The van der Waals surface area contributed by atoms with E-state index in [1.165, 1.54) is 12.1 Å². The number of carboxylic acid groups (broad SMARTS) is 1. The third-order valence-corrected chi connectivity index (χ3v) is 3.16. The van der Waals surface area contributed by atoms with Gasteiger partial charge in [-0.2, -0.15) is 0 Å². The monoisotopic (exact) mass is 252 g/mol. The molecule has 0 spiro atoms. The Kier molecular flexibility index (Phi) is 3.81. The van der Waals surface area contributed by atoms with E-state index in [4.69, 9.17) is 14.3 Å². The van der Waals surface area contributed by atoms with Crippen LogP contribution in [0.2, 0.25) is 0 Å². The van der Waals surface area contributed by atoms with Crippen molar-refractivity contribution < 1.29 is 23.8 Å². The van der Waals surface area contributed by atoms with Gasteiger partial charge in [-0.15, -0.1) is 0 Å².